The Morgan fingerprint density at radius 3 is 1.35 bits per heavy atom. The van der Waals surface area contributed by atoms with Crippen LogP contribution in [0.15, 0.2) is 237 Å². The lowest BCUT2D eigenvalue weighted by Crippen LogP contribution is -2.52. The highest BCUT2D eigenvalue weighted by Gasteiger charge is 2.38. The average molecular weight is 902 g/mol. The molecule has 0 bridgehead atoms. The number of hydrogen-bond donors (Lipinski definition) is 0. The minimum atomic E-state index is -1.84. The molecule has 2 aliphatic rings. The van der Waals surface area contributed by atoms with Crippen LogP contribution in [-0.2, 0) is 10.8 Å². The van der Waals surface area contributed by atoms with Gasteiger partial charge < -0.3 is 4.90 Å². The number of aryl methyl sites for hydroxylation is 1. The fourth-order valence-electron chi connectivity index (χ4n) is 11.9. The van der Waals surface area contributed by atoms with Gasteiger partial charge in [0.2, 0.25) is 0 Å². The maximum atomic E-state index is 2.49. The molecule has 0 radical (unpaired) electrons. The molecule has 0 fully saturated rings. The SMILES string of the molecule is Cc1cccc(-c2cccc(-c3cccc(N(c4ccc5c(c4)C(C)(C)c4ccccc4-5)c4ccc5c(c4)C(C)(C)c4ccccc4-5)c3)c2)c1-c1ccccc1[SiH](c1ccccc1)c1ccccc1. The first kappa shape index (κ1) is 42.6. The third-order valence-corrected chi connectivity index (χ3v) is 18.6. The van der Waals surface area contributed by atoms with Crippen LogP contribution in [0.5, 0.6) is 0 Å². The van der Waals surface area contributed by atoms with Crippen LogP contribution in [0.25, 0.3) is 55.6 Å². The Morgan fingerprint density at radius 1 is 0.319 bits per heavy atom. The Bertz CT molecular complexity index is 3440. The number of nitrogens with zero attached hydrogens (tertiary/aromatic N) is 1. The van der Waals surface area contributed by atoms with E-state index >= 15 is 0 Å². The smallest absolute Gasteiger partial charge is 0.133 e. The molecule has 10 aromatic rings. The maximum Gasteiger partial charge on any atom is 0.133 e. The Balaban J connectivity index is 0.980. The third kappa shape index (κ3) is 7.13. The predicted octanol–water partition coefficient (Wildman–Crippen LogP) is 15.3. The highest BCUT2D eigenvalue weighted by Crippen LogP contribution is 2.53. The first-order chi connectivity index (χ1) is 33.7. The molecular formula is C67H55NSi. The quantitative estimate of drug-likeness (QED) is 0.103. The molecule has 0 aromatic heterocycles. The normalized spacial score (nSPS) is 13.7. The van der Waals surface area contributed by atoms with E-state index in [1.165, 1.54) is 99.0 Å². The van der Waals surface area contributed by atoms with E-state index < -0.39 is 8.80 Å². The second-order valence-electron chi connectivity index (χ2n) is 20.1. The summed E-state index contributed by atoms with van der Waals surface area (Å²) < 4.78 is 0. The number of rotatable bonds is 9. The van der Waals surface area contributed by atoms with Crippen LogP contribution in [0, 0.1) is 6.92 Å². The zero-order chi connectivity index (χ0) is 46.9. The average Bonchev–Trinajstić information content (AvgIpc) is 3.76. The van der Waals surface area contributed by atoms with Crippen molar-refractivity contribution < 1.29 is 0 Å². The van der Waals surface area contributed by atoms with E-state index in [2.05, 4.69) is 276 Å². The Morgan fingerprint density at radius 2 is 0.754 bits per heavy atom. The lowest BCUT2D eigenvalue weighted by molar-refractivity contribution is 0.660. The van der Waals surface area contributed by atoms with Gasteiger partial charge in [0.15, 0.2) is 0 Å². The Labute approximate surface area is 409 Å². The summed E-state index contributed by atoms with van der Waals surface area (Å²) in [4.78, 5) is 2.49. The van der Waals surface area contributed by atoms with Crippen molar-refractivity contribution in [1.82, 2.24) is 0 Å². The van der Waals surface area contributed by atoms with Gasteiger partial charge in [-0.2, -0.15) is 0 Å². The lowest BCUT2D eigenvalue weighted by atomic mass is 9.82. The van der Waals surface area contributed by atoms with Crippen LogP contribution < -0.4 is 20.5 Å². The van der Waals surface area contributed by atoms with Crippen molar-refractivity contribution >= 4 is 41.4 Å². The fraction of sp³-hybridized carbons (Fsp3) is 0.104. The molecule has 2 aliphatic carbocycles. The van der Waals surface area contributed by atoms with Crippen LogP contribution >= 0.6 is 0 Å². The lowest BCUT2D eigenvalue weighted by Gasteiger charge is -2.30. The summed E-state index contributed by atoms with van der Waals surface area (Å²) in [5.41, 5.74) is 22.7. The van der Waals surface area contributed by atoms with Crippen molar-refractivity contribution in [2.24, 2.45) is 0 Å². The highest BCUT2D eigenvalue weighted by atomic mass is 28.3. The largest absolute Gasteiger partial charge is 0.310 e. The standard InChI is InChI=1S/C67H55NSi/c1-45-21-18-33-54(65(45)59-32-14-17-36-64(59)69(52-26-8-6-9-27-52)53-28-10-7-11-29-53)48-24-19-22-46(41-48)47-23-20-25-49(42-47)68(50-37-39-57-55-30-12-15-34-60(55)66(2,3)62(57)43-50)51-38-40-58-56-31-13-16-35-61(56)67(4,5)63(58)44-51/h6-44,69H,1-5H3. The zero-order valence-electron chi connectivity index (χ0n) is 40.0. The molecule has 0 atom stereocenters. The molecule has 0 aliphatic heterocycles. The van der Waals surface area contributed by atoms with E-state index in [-0.39, 0.29) is 10.8 Å². The Kier molecular flexibility index (Phi) is 10.3. The summed E-state index contributed by atoms with van der Waals surface area (Å²) in [6.07, 6.45) is 0. The summed E-state index contributed by atoms with van der Waals surface area (Å²) >= 11 is 0. The van der Waals surface area contributed by atoms with E-state index in [9.17, 15) is 0 Å². The Hall–Kier alpha value is -7.78. The first-order valence-corrected chi connectivity index (χ1v) is 26.2. The van der Waals surface area contributed by atoms with Gasteiger partial charge in [-0.3, -0.25) is 0 Å². The molecule has 1 nitrogen and oxygen atoms in total. The number of anilines is 3. The number of benzene rings is 10. The van der Waals surface area contributed by atoms with Gasteiger partial charge in [-0.15, -0.1) is 0 Å². The van der Waals surface area contributed by atoms with Gasteiger partial charge in [0, 0.05) is 27.9 Å². The van der Waals surface area contributed by atoms with Crippen molar-refractivity contribution in [1.29, 1.82) is 0 Å². The van der Waals surface area contributed by atoms with Crippen molar-refractivity contribution in [2.75, 3.05) is 4.90 Å². The molecule has 332 valence electrons. The first-order valence-electron chi connectivity index (χ1n) is 24.5. The van der Waals surface area contributed by atoms with Crippen LogP contribution in [0.1, 0.15) is 55.5 Å². The van der Waals surface area contributed by atoms with Gasteiger partial charge in [-0.25, -0.2) is 0 Å². The second-order valence-corrected chi connectivity index (χ2v) is 22.9. The molecule has 0 heterocycles. The summed E-state index contributed by atoms with van der Waals surface area (Å²) in [6, 6.07) is 88.8. The van der Waals surface area contributed by atoms with E-state index in [0.29, 0.717) is 0 Å². The van der Waals surface area contributed by atoms with Crippen LogP contribution in [0.4, 0.5) is 17.1 Å². The van der Waals surface area contributed by atoms with Crippen molar-refractivity contribution in [3.63, 3.8) is 0 Å². The molecule has 0 unspecified atom stereocenters. The summed E-state index contributed by atoms with van der Waals surface area (Å²) in [6.45, 7) is 11.8. The molecule has 0 spiro atoms. The summed E-state index contributed by atoms with van der Waals surface area (Å²) in [5.74, 6) is 0. The molecular weight excluding hydrogens is 847 g/mol. The van der Waals surface area contributed by atoms with Gasteiger partial charge in [0.05, 0.1) is 0 Å². The molecule has 0 saturated carbocycles. The van der Waals surface area contributed by atoms with E-state index in [1.807, 2.05) is 0 Å². The molecule has 0 N–H and O–H groups in total. The van der Waals surface area contributed by atoms with Gasteiger partial charge in [-0.1, -0.05) is 232 Å². The summed E-state index contributed by atoms with van der Waals surface area (Å²) in [5, 5.41) is 4.28. The molecule has 0 amide bonds. The molecule has 12 rings (SSSR count). The van der Waals surface area contributed by atoms with Crippen molar-refractivity contribution in [3.8, 4) is 55.6 Å². The van der Waals surface area contributed by atoms with E-state index in [0.717, 1.165) is 17.1 Å². The maximum absolute atomic E-state index is 2.49. The molecule has 0 saturated heterocycles. The highest BCUT2D eigenvalue weighted by molar-refractivity contribution is 6.96. The number of hydrogen-bond acceptors (Lipinski definition) is 1. The van der Waals surface area contributed by atoms with Crippen LogP contribution in [-0.4, -0.2) is 8.80 Å². The van der Waals surface area contributed by atoms with Crippen LogP contribution in [0.2, 0.25) is 0 Å². The monoisotopic (exact) mass is 901 g/mol. The van der Waals surface area contributed by atoms with Gasteiger partial charge >= 0.3 is 0 Å². The zero-order valence-corrected chi connectivity index (χ0v) is 41.2. The van der Waals surface area contributed by atoms with Crippen molar-refractivity contribution in [2.45, 2.75) is 45.4 Å². The molecule has 2 heteroatoms. The molecule has 10 aromatic carbocycles. The molecule has 69 heavy (non-hydrogen) atoms. The van der Waals surface area contributed by atoms with E-state index in [4.69, 9.17) is 0 Å². The topological polar surface area (TPSA) is 3.24 Å². The predicted molar refractivity (Wildman–Crippen MR) is 296 cm³/mol. The third-order valence-electron chi connectivity index (χ3n) is 15.3. The van der Waals surface area contributed by atoms with Crippen molar-refractivity contribution in [3.05, 3.63) is 264 Å². The second kappa shape index (κ2) is 16.8. The van der Waals surface area contributed by atoms with Crippen LogP contribution in [0.3, 0.4) is 0 Å². The van der Waals surface area contributed by atoms with Gasteiger partial charge in [0.1, 0.15) is 8.80 Å². The van der Waals surface area contributed by atoms with Gasteiger partial charge in [-0.05, 0) is 138 Å². The van der Waals surface area contributed by atoms with Gasteiger partial charge in [0.25, 0.3) is 0 Å². The minimum absolute atomic E-state index is 0.126. The number of fused-ring (bicyclic) bond motifs is 6. The fourth-order valence-corrected chi connectivity index (χ4v) is 15.1. The minimum Gasteiger partial charge on any atom is -0.310 e. The van der Waals surface area contributed by atoms with E-state index in [1.54, 1.807) is 0 Å². The summed E-state index contributed by atoms with van der Waals surface area (Å²) in [7, 11) is -1.84.